The number of furan rings is 1. The summed E-state index contributed by atoms with van der Waals surface area (Å²) in [6, 6.07) is 18.3. The van der Waals surface area contributed by atoms with E-state index in [2.05, 4.69) is 26.8 Å². The van der Waals surface area contributed by atoms with Crippen LogP contribution in [-0.2, 0) is 0 Å². The number of hydrogen-bond donors (Lipinski definition) is 2. The molecule has 8 heteroatoms. The number of rotatable bonds is 7. The van der Waals surface area contributed by atoms with Gasteiger partial charge in [-0.25, -0.2) is 9.67 Å². The SMILES string of the molecule is N#CC1(NCC2(NC(=O)c3cc4ccc(-c5ccc(-n6cncn6)cc5)cc4o3)CCCCCC2)CC1. The average molecular weight is 495 g/mol. The molecular weight excluding hydrogens is 464 g/mol. The summed E-state index contributed by atoms with van der Waals surface area (Å²) >= 11 is 0. The standard InChI is InChI=1S/C29H30N6O2/c30-17-28(13-14-28)32-18-29(11-3-1-2-4-12-29)34-27(36)26-16-23-6-5-22(15-25(23)37-26)21-7-9-24(10-8-21)35-20-31-19-33-35/h5-10,15-16,19-20,32H,1-4,11-14,18H2,(H,34,36). The second-order valence-electron chi connectivity index (χ2n) is 10.4. The van der Waals surface area contributed by atoms with E-state index in [1.54, 1.807) is 11.0 Å². The fourth-order valence-electron chi connectivity index (χ4n) is 5.32. The van der Waals surface area contributed by atoms with E-state index >= 15 is 0 Å². The van der Waals surface area contributed by atoms with E-state index in [1.165, 1.54) is 19.2 Å². The number of nitrogens with zero attached hydrogens (tertiary/aromatic N) is 4. The van der Waals surface area contributed by atoms with Crippen LogP contribution in [0, 0.1) is 11.3 Å². The van der Waals surface area contributed by atoms with Gasteiger partial charge in [-0.05, 0) is 61.1 Å². The Kier molecular flexibility index (Phi) is 6.01. The van der Waals surface area contributed by atoms with Crippen molar-refractivity contribution in [3.05, 3.63) is 66.9 Å². The highest BCUT2D eigenvalue weighted by atomic mass is 16.3. The van der Waals surface area contributed by atoms with Crippen molar-refractivity contribution in [2.45, 2.75) is 62.4 Å². The van der Waals surface area contributed by atoms with Gasteiger partial charge in [-0.15, -0.1) is 0 Å². The number of amides is 1. The maximum Gasteiger partial charge on any atom is 0.287 e. The maximum atomic E-state index is 13.4. The molecule has 4 aromatic rings. The highest BCUT2D eigenvalue weighted by Gasteiger charge is 2.45. The minimum atomic E-state index is -0.409. The molecule has 2 aromatic heterocycles. The lowest BCUT2D eigenvalue weighted by Crippen LogP contribution is -2.56. The summed E-state index contributed by atoms with van der Waals surface area (Å²) in [5, 5.41) is 21.4. The zero-order chi connectivity index (χ0) is 25.3. The number of carbonyl (C=O) groups excluding carboxylic acids is 1. The largest absolute Gasteiger partial charge is 0.451 e. The summed E-state index contributed by atoms with van der Waals surface area (Å²) in [5.41, 5.74) is 2.89. The van der Waals surface area contributed by atoms with Crippen LogP contribution in [0.15, 0.2) is 65.6 Å². The van der Waals surface area contributed by atoms with Gasteiger partial charge in [0.15, 0.2) is 5.76 Å². The molecule has 2 aliphatic rings. The molecule has 6 rings (SSSR count). The van der Waals surface area contributed by atoms with Crippen molar-refractivity contribution >= 4 is 16.9 Å². The summed E-state index contributed by atoms with van der Waals surface area (Å²) in [7, 11) is 0. The molecule has 0 saturated heterocycles. The molecule has 2 aliphatic carbocycles. The van der Waals surface area contributed by atoms with Gasteiger partial charge in [0.25, 0.3) is 5.91 Å². The third kappa shape index (κ3) is 4.87. The minimum Gasteiger partial charge on any atom is -0.451 e. The Bertz CT molecular complexity index is 1440. The Morgan fingerprint density at radius 3 is 2.43 bits per heavy atom. The first kappa shape index (κ1) is 23.4. The van der Waals surface area contributed by atoms with Crippen molar-refractivity contribution in [2.24, 2.45) is 0 Å². The lowest BCUT2D eigenvalue weighted by molar-refractivity contribution is 0.0857. The molecule has 0 unspecified atom stereocenters. The van der Waals surface area contributed by atoms with Gasteiger partial charge in [0, 0.05) is 11.9 Å². The zero-order valence-electron chi connectivity index (χ0n) is 20.7. The molecular formula is C29H30N6O2. The molecule has 8 nitrogen and oxygen atoms in total. The van der Waals surface area contributed by atoms with Gasteiger partial charge in [0.05, 0.1) is 17.3 Å². The molecule has 37 heavy (non-hydrogen) atoms. The third-order valence-electron chi connectivity index (χ3n) is 7.80. The molecule has 2 aromatic carbocycles. The van der Waals surface area contributed by atoms with E-state index in [-0.39, 0.29) is 11.4 Å². The van der Waals surface area contributed by atoms with Gasteiger partial charge < -0.3 is 9.73 Å². The number of benzene rings is 2. The van der Waals surface area contributed by atoms with Crippen LogP contribution in [0.25, 0.3) is 27.8 Å². The quantitative estimate of drug-likeness (QED) is 0.344. The first-order chi connectivity index (χ1) is 18.1. The van der Waals surface area contributed by atoms with E-state index in [0.29, 0.717) is 17.9 Å². The summed E-state index contributed by atoms with van der Waals surface area (Å²) in [6.07, 6.45) is 11.2. The number of fused-ring (bicyclic) bond motifs is 1. The maximum absolute atomic E-state index is 13.4. The van der Waals surface area contributed by atoms with Crippen LogP contribution >= 0.6 is 0 Å². The van der Waals surface area contributed by atoms with Gasteiger partial charge in [-0.2, -0.15) is 10.4 Å². The summed E-state index contributed by atoms with van der Waals surface area (Å²) in [6.45, 7) is 0.612. The molecule has 188 valence electrons. The van der Waals surface area contributed by atoms with Crippen LogP contribution in [0.3, 0.4) is 0 Å². The monoisotopic (exact) mass is 494 g/mol. The second kappa shape index (κ2) is 9.49. The number of nitrogens with one attached hydrogen (secondary N) is 2. The van der Waals surface area contributed by atoms with Crippen molar-refractivity contribution in [1.29, 1.82) is 5.26 Å². The minimum absolute atomic E-state index is 0.194. The van der Waals surface area contributed by atoms with Crippen molar-refractivity contribution in [3.63, 3.8) is 0 Å². The predicted molar refractivity (Wildman–Crippen MR) is 140 cm³/mol. The molecule has 2 fully saturated rings. The Balaban J connectivity index is 1.21. The predicted octanol–water partition coefficient (Wildman–Crippen LogP) is 5.15. The number of hydrogen-bond acceptors (Lipinski definition) is 6. The fourth-order valence-corrected chi connectivity index (χ4v) is 5.32. The Morgan fingerprint density at radius 1 is 1.00 bits per heavy atom. The molecule has 0 atom stereocenters. The Morgan fingerprint density at radius 2 is 1.76 bits per heavy atom. The van der Waals surface area contributed by atoms with Crippen molar-refractivity contribution < 1.29 is 9.21 Å². The van der Waals surface area contributed by atoms with Crippen molar-refractivity contribution in [3.8, 4) is 22.9 Å². The van der Waals surface area contributed by atoms with Crippen LogP contribution in [0.1, 0.15) is 61.9 Å². The third-order valence-corrected chi connectivity index (χ3v) is 7.80. The van der Waals surface area contributed by atoms with Gasteiger partial charge in [0.1, 0.15) is 23.8 Å². The van der Waals surface area contributed by atoms with Crippen LogP contribution in [0.5, 0.6) is 0 Å². The Hall–Kier alpha value is -3.96. The molecule has 0 spiro atoms. The molecule has 0 bridgehead atoms. The summed E-state index contributed by atoms with van der Waals surface area (Å²) in [4.78, 5) is 17.4. The van der Waals surface area contributed by atoms with Crippen LogP contribution in [-0.4, -0.2) is 38.3 Å². The van der Waals surface area contributed by atoms with Crippen LogP contribution in [0.2, 0.25) is 0 Å². The van der Waals surface area contributed by atoms with Gasteiger partial charge in [0.2, 0.25) is 0 Å². The van der Waals surface area contributed by atoms with Crippen LogP contribution < -0.4 is 10.6 Å². The number of aromatic nitrogens is 3. The molecule has 0 radical (unpaired) electrons. The van der Waals surface area contributed by atoms with E-state index < -0.39 is 5.54 Å². The lowest BCUT2D eigenvalue weighted by atomic mass is 9.89. The number of carbonyl (C=O) groups is 1. The molecule has 2 heterocycles. The van der Waals surface area contributed by atoms with E-state index in [1.807, 2.05) is 48.5 Å². The lowest BCUT2D eigenvalue weighted by Gasteiger charge is -2.35. The molecule has 2 N–H and O–H groups in total. The van der Waals surface area contributed by atoms with Crippen molar-refractivity contribution in [2.75, 3.05) is 6.54 Å². The van der Waals surface area contributed by atoms with Crippen LogP contribution in [0.4, 0.5) is 0 Å². The van der Waals surface area contributed by atoms with Crippen molar-refractivity contribution in [1.82, 2.24) is 25.4 Å². The van der Waals surface area contributed by atoms with E-state index in [4.69, 9.17) is 4.42 Å². The highest BCUT2D eigenvalue weighted by molar-refractivity contribution is 5.97. The van der Waals surface area contributed by atoms with Gasteiger partial charge >= 0.3 is 0 Å². The molecule has 2 saturated carbocycles. The highest BCUT2D eigenvalue weighted by Crippen LogP contribution is 2.36. The van der Waals surface area contributed by atoms with E-state index in [0.717, 1.165) is 60.7 Å². The van der Waals surface area contributed by atoms with Gasteiger partial charge in [-0.1, -0.05) is 49.9 Å². The normalized spacial score (nSPS) is 18.1. The topological polar surface area (TPSA) is 109 Å². The smallest absolute Gasteiger partial charge is 0.287 e. The molecule has 0 aliphatic heterocycles. The first-order valence-electron chi connectivity index (χ1n) is 13.1. The van der Waals surface area contributed by atoms with Gasteiger partial charge in [-0.3, -0.25) is 10.1 Å². The average Bonchev–Trinajstić information content (AvgIpc) is 3.36. The van der Waals surface area contributed by atoms with E-state index in [9.17, 15) is 10.1 Å². The Labute approximate surface area is 215 Å². The fraction of sp³-hybridized carbons (Fsp3) is 0.379. The number of nitriles is 1. The zero-order valence-corrected chi connectivity index (χ0v) is 20.7. The molecule has 1 amide bonds. The summed E-state index contributed by atoms with van der Waals surface area (Å²) in [5.74, 6) is 0.124. The second-order valence-corrected chi connectivity index (χ2v) is 10.4. The summed E-state index contributed by atoms with van der Waals surface area (Å²) < 4.78 is 7.78. The first-order valence-corrected chi connectivity index (χ1v) is 13.1.